The van der Waals surface area contributed by atoms with Gasteiger partial charge in [-0.15, -0.1) is 20.4 Å². The van der Waals surface area contributed by atoms with Crippen molar-refractivity contribution in [1.29, 1.82) is 0 Å². The lowest BCUT2D eigenvalue weighted by atomic mass is 9.87. The number of aromatic nitrogens is 8. The van der Waals surface area contributed by atoms with E-state index < -0.39 is 0 Å². The van der Waals surface area contributed by atoms with Gasteiger partial charge < -0.3 is 9.47 Å². The molecule has 2 N–H and O–H groups in total. The van der Waals surface area contributed by atoms with E-state index in [9.17, 15) is 0 Å². The number of hydrogen-bond donors (Lipinski definition) is 2. The molecule has 2 aromatic rings. The van der Waals surface area contributed by atoms with Crippen molar-refractivity contribution in [2.75, 3.05) is 26.4 Å². The smallest absolute Gasteiger partial charge is 0.180 e. The second-order valence-electron chi connectivity index (χ2n) is 8.02. The summed E-state index contributed by atoms with van der Waals surface area (Å²) in [5.74, 6) is 1.50. The summed E-state index contributed by atoms with van der Waals surface area (Å²) < 4.78 is 11.4. The molecule has 152 valence electrons. The highest BCUT2D eigenvalue weighted by Gasteiger charge is 2.25. The van der Waals surface area contributed by atoms with E-state index in [1.54, 1.807) is 0 Å². The van der Waals surface area contributed by atoms with E-state index in [0.717, 1.165) is 70.2 Å². The summed E-state index contributed by atoms with van der Waals surface area (Å²) >= 11 is 0. The fourth-order valence-corrected chi connectivity index (χ4v) is 2.82. The van der Waals surface area contributed by atoms with Crippen molar-refractivity contribution < 1.29 is 9.47 Å². The Morgan fingerprint density at radius 3 is 1.44 bits per heavy atom. The Bertz CT molecular complexity index is 559. The van der Waals surface area contributed by atoms with E-state index in [-0.39, 0.29) is 10.8 Å². The number of tetrazole rings is 2. The van der Waals surface area contributed by atoms with E-state index in [4.69, 9.17) is 9.47 Å². The highest BCUT2D eigenvalue weighted by molar-refractivity contribution is 4.99. The molecule has 0 unspecified atom stereocenters. The van der Waals surface area contributed by atoms with Gasteiger partial charge in [-0.3, -0.25) is 0 Å². The highest BCUT2D eigenvalue weighted by Crippen LogP contribution is 2.25. The van der Waals surface area contributed by atoms with Crippen LogP contribution in [-0.4, -0.2) is 67.7 Å². The molecule has 0 aliphatic rings. The average molecular weight is 380 g/mol. The molecule has 0 bridgehead atoms. The van der Waals surface area contributed by atoms with E-state index >= 15 is 0 Å². The molecule has 0 fully saturated rings. The predicted molar refractivity (Wildman–Crippen MR) is 99.1 cm³/mol. The quantitative estimate of drug-likeness (QED) is 0.476. The molecular formula is C17H32N8O2. The molecule has 0 aromatic carbocycles. The van der Waals surface area contributed by atoms with E-state index in [2.05, 4.69) is 68.9 Å². The van der Waals surface area contributed by atoms with Crippen molar-refractivity contribution in [3.05, 3.63) is 11.6 Å². The lowest BCUT2D eigenvalue weighted by molar-refractivity contribution is 0.0766. The van der Waals surface area contributed by atoms with Gasteiger partial charge in [0.1, 0.15) is 0 Å². The molecule has 10 heteroatoms. The molecule has 2 aromatic heterocycles. The van der Waals surface area contributed by atoms with E-state index in [1.807, 2.05) is 0 Å². The number of ether oxygens (including phenoxy) is 2. The fraction of sp³-hybridized carbons (Fsp3) is 0.882. The minimum atomic E-state index is -0.0885. The summed E-state index contributed by atoms with van der Waals surface area (Å²) in [6.45, 7) is 11.4. The SMILES string of the molecule is CC(C)(CCCOCCCOCCCC(C)(C)c1nn[nH]n1)c1nn[nH]n1. The van der Waals surface area contributed by atoms with Crippen LogP contribution in [0.15, 0.2) is 0 Å². The Labute approximate surface area is 160 Å². The van der Waals surface area contributed by atoms with E-state index in [0.29, 0.717) is 0 Å². The van der Waals surface area contributed by atoms with Crippen LogP contribution in [-0.2, 0) is 20.3 Å². The van der Waals surface area contributed by atoms with E-state index in [1.165, 1.54) is 0 Å². The molecule has 2 rings (SSSR count). The van der Waals surface area contributed by atoms with Gasteiger partial charge in [0.25, 0.3) is 0 Å². The molecule has 10 nitrogen and oxygen atoms in total. The highest BCUT2D eigenvalue weighted by atomic mass is 16.5. The summed E-state index contributed by atoms with van der Waals surface area (Å²) in [5, 5.41) is 28.5. The van der Waals surface area contributed by atoms with Crippen molar-refractivity contribution in [2.24, 2.45) is 0 Å². The maximum Gasteiger partial charge on any atom is 0.180 e. The minimum Gasteiger partial charge on any atom is -0.381 e. The molecule has 0 spiro atoms. The third-order valence-electron chi connectivity index (χ3n) is 4.66. The number of aromatic amines is 2. The zero-order valence-electron chi connectivity index (χ0n) is 16.9. The molecule has 27 heavy (non-hydrogen) atoms. The lowest BCUT2D eigenvalue weighted by Gasteiger charge is -2.20. The summed E-state index contributed by atoms with van der Waals surface area (Å²) in [5.41, 5.74) is -0.177. The van der Waals surface area contributed by atoms with Gasteiger partial charge in [-0.1, -0.05) is 38.1 Å². The van der Waals surface area contributed by atoms with Gasteiger partial charge in [0.2, 0.25) is 0 Å². The second kappa shape index (κ2) is 10.4. The van der Waals surface area contributed by atoms with Crippen LogP contribution in [0.2, 0.25) is 0 Å². The Morgan fingerprint density at radius 2 is 1.07 bits per heavy atom. The monoisotopic (exact) mass is 380 g/mol. The first-order chi connectivity index (χ1) is 12.9. The van der Waals surface area contributed by atoms with Gasteiger partial charge in [0.15, 0.2) is 11.6 Å². The molecule has 0 saturated carbocycles. The van der Waals surface area contributed by atoms with Crippen LogP contribution in [0.25, 0.3) is 0 Å². The minimum absolute atomic E-state index is 0.0885. The van der Waals surface area contributed by atoms with Gasteiger partial charge in [-0.2, -0.15) is 10.4 Å². The zero-order chi connectivity index (χ0) is 19.6. The number of nitrogens with one attached hydrogen (secondary N) is 2. The van der Waals surface area contributed by atoms with Crippen LogP contribution >= 0.6 is 0 Å². The van der Waals surface area contributed by atoms with Crippen LogP contribution in [0.1, 0.15) is 71.4 Å². The average Bonchev–Trinajstić information content (AvgIpc) is 3.33. The number of nitrogens with zero attached hydrogens (tertiary/aromatic N) is 6. The van der Waals surface area contributed by atoms with Gasteiger partial charge in [0.05, 0.1) is 0 Å². The van der Waals surface area contributed by atoms with Crippen LogP contribution in [0, 0.1) is 0 Å². The Morgan fingerprint density at radius 1 is 0.667 bits per heavy atom. The molecule has 0 saturated heterocycles. The number of rotatable bonds is 14. The molecule has 2 heterocycles. The predicted octanol–water partition coefficient (Wildman–Crippen LogP) is 1.95. The Balaban J connectivity index is 1.42. The summed E-state index contributed by atoms with van der Waals surface area (Å²) in [6.07, 6.45) is 4.75. The summed E-state index contributed by atoms with van der Waals surface area (Å²) in [6, 6.07) is 0. The largest absolute Gasteiger partial charge is 0.381 e. The van der Waals surface area contributed by atoms with Gasteiger partial charge in [-0.05, 0) is 32.1 Å². The van der Waals surface area contributed by atoms with Crippen molar-refractivity contribution in [3.8, 4) is 0 Å². The second-order valence-corrected chi connectivity index (χ2v) is 8.02. The van der Waals surface area contributed by atoms with Crippen LogP contribution in [0.5, 0.6) is 0 Å². The molecular weight excluding hydrogens is 348 g/mol. The Hall–Kier alpha value is -1.94. The first kappa shape index (κ1) is 21.4. The fourth-order valence-electron chi connectivity index (χ4n) is 2.82. The standard InChI is InChI=1S/C17H32N8O2/c1-16(2,14-18-22-23-19-14)8-5-10-26-12-7-13-27-11-6-9-17(3,4)15-20-24-25-21-15/h5-13H2,1-4H3,(H,18,19,22,23)(H,20,21,24,25). The third kappa shape index (κ3) is 7.30. The van der Waals surface area contributed by atoms with Crippen molar-refractivity contribution in [1.82, 2.24) is 41.2 Å². The van der Waals surface area contributed by atoms with Crippen molar-refractivity contribution in [3.63, 3.8) is 0 Å². The maximum absolute atomic E-state index is 5.68. The lowest BCUT2D eigenvalue weighted by Crippen LogP contribution is -2.20. The number of hydrogen-bond acceptors (Lipinski definition) is 8. The summed E-state index contributed by atoms with van der Waals surface area (Å²) in [4.78, 5) is 0. The third-order valence-corrected chi connectivity index (χ3v) is 4.66. The maximum atomic E-state index is 5.68. The van der Waals surface area contributed by atoms with Crippen molar-refractivity contribution in [2.45, 2.75) is 70.6 Å². The molecule has 0 aliphatic carbocycles. The Kier molecular flexibility index (Phi) is 8.23. The van der Waals surface area contributed by atoms with Crippen LogP contribution < -0.4 is 0 Å². The van der Waals surface area contributed by atoms with Gasteiger partial charge in [0, 0.05) is 37.3 Å². The molecule has 0 atom stereocenters. The molecule has 0 amide bonds. The summed E-state index contributed by atoms with van der Waals surface area (Å²) in [7, 11) is 0. The van der Waals surface area contributed by atoms with Crippen LogP contribution in [0.3, 0.4) is 0 Å². The van der Waals surface area contributed by atoms with Gasteiger partial charge in [-0.25, -0.2) is 0 Å². The number of H-pyrrole nitrogens is 2. The van der Waals surface area contributed by atoms with Crippen LogP contribution in [0.4, 0.5) is 0 Å². The topological polar surface area (TPSA) is 127 Å². The van der Waals surface area contributed by atoms with Gasteiger partial charge >= 0.3 is 0 Å². The zero-order valence-corrected chi connectivity index (χ0v) is 16.9. The molecule has 0 aliphatic heterocycles. The first-order valence-corrected chi connectivity index (χ1v) is 9.55. The first-order valence-electron chi connectivity index (χ1n) is 9.55. The van der Waals surface area contributed by atoms with Crippen molar-refractivity contribution >= 4 is 0 Å². The molecule has 0 radical (unpaired) electrons. The normalized spacial score (nSPS) is 12.6.